The van der Waals surface area contributed by atoms with Crippen LogP contribution in [0.15, 0.2) is 12.3 Å². The van der Waals surface area contributed by atoms with Crippen molar-refractivity contribution in [2.75, 3.05) is 7.11 Å². The van der Waals surface area contributed by atoms with Gasteiger partial charge in [-0.3, -0.25) is 4.98 Å². The predicted octanol–water partition coefficient (Wildman–Crippen LogP) is 3.98. The Morgan fingerprint density at radius 1 is 1.32 bits per heavy atom. The van der Waals surface area contributed by atoms with Crippen molar-refractivity contribution in [3.8, 4) is 0 Å². The van der Waals surface area contributed by atoms with Crippen molar-refractivity contribution in [2.24, 2.45) is 0 Å². The Morgan fingerprint density at radius 2 is 1.91 bits per heavy atom. The van der Waals surface area contributed by atoms with E-state index in [-0.39, 0.29) is 0 Å². The maximum absolute atomic E-state index is 11.6. The Morgan fingerprint density at radius 3 is 2.41 bits per heavy atom. The topological polar surface area (TPSA) is 60.5 Å². The number of nitrogens with one attached hydrogen (secondary N) is 1. The molecule has 0 aromatic carbocycles. The summed E-state index contributed by atoms with van der Waals surface area (Å²) in [5, 5.41) is 2.69. The number of methoxy groups -OCH3 is 1. The van der Waals surface area contributed by atoms with Crippen molar-refractivity contribution in [2.45, 2.75) is 66.7 Å². The van der Waals surface area contributed by atoms with Crippen LogP contribution in [0.3, 0.4) is 0 Å². The first-order chi connectivity index (χ1) is 10.2. The molecule has 0 aliphatic heterocycles. The summed E-state index contributed by atoms with van der Waals surface area (Å²) in [5.74, 6) is 0. The number of ether oxygens (including phenoxy) is 2. The highest BCUT2D eigenvalue weighted by Gasteiger charge is 2.16. The van der Waals surface area contributed by atoms with Crippen LogP contribution in [-0.2, 0) is 22.6 Å². The van der Waals surface area contributed by atoms with Crippen LogP contribution in [0.5, 0.6) is 0 Å². The van der Waals surface area contributed by atoms with Crippen LogP contribution in [0, 0.1) is 6.92 Å². The number of aryl methyl sites for hydroxylation is 1. The maximum atomic E-state index is 11.6. The van der Waals surface area contributed by atoms with Gasteiger partial charge in [-0.1, -0.05) is 26.3 Å². The maximum Gasteiger partial charge on any atom is 0.407 e. The van der Waals surface area contributed by atoms with Crippen molar-refractivity contribution >= 4 is 6.09 Å². The standard InChI is InChI=1S/C14H22N2O3.C3H8/c1-10-6-11(9-18-5)12(15-7-10)8-16-13(17)19-14(2,3)4;1-3-2/h6-7H,8-9H2,1-5H3,(H,16,17);3H2,1-2H3. The SMILES string of the molecule is CCC.COCc1cc(C)cnc1CNC(=O)OC(C)(C)C. The molecule has 1 aromatic heterocycles. The first kappa shape index (κ1) is 20.4. The highest BCUT2D eigenvalue weighted by Crippen LogP contribution is 2.11. The Balaban J connectivity index is 0.00000135. The molecule has 1 rings (SSSR count). The fourth-order valence-electron chi connectivity index (χ4n) is 1.57. The average molecular weight is 310 g/mol. The van der Waals surface area contributed by atoms with E-state index in [9.17, 15) is 4.79 Å². The van der Waals surface area contributed by atoms with Gasteiger partial charge in [0.05, 0.1) is 18.8 Å². The van der Waals surface area contributed by atoms with Crippen LogP contribution in [0.4, 0.5) is 4.79 Å². The highest BCUT2D eigenvalue weighted by molar-refractivity contribution is 5.67. The van der Waals surface area contributed by atoms with Gasteiger partial charge in [0, 0.05) is 18.9 Å². The minimum Gasteiger partial charge on any atom is -0.444 e. The lowest BCUT2D eigenvalue weighted by Crippen LogP contribution is -2.32. The lowest BCUT2D eigenvalue weighted by molar-refractivity contribution is 0.0522. The smallest absolute Gasteiger partial charge is 0.407 e. The van der Waals surface area contributed by atoms with Crippen molar-refractivity contribution in [3.05, 3.63) is 29.1 Å². The minimum absolute atomic E-state index is 0.327. The van der Waals surface area contributed by atoms with Crippen LogP contribution >= 0.6 is 0 Å². The van der Waals surface area contributed by atoms with Gasteiger partial charge >= 0.3 is 6.09 Å². The molecule has 1 aromatic rings. The molecule has 0 spiro atoms. The number of nitrogens with zero attached hydrogens (tertiary/aromatic N) is 1. The minimum atomic E-state index is -0.500. The van der Waals surface area contributed by atoms with Gasteiger partial charge in [-0.05, 0) is 33.3 Å². The Labute approximate surface area is 134 Å². The molecule has 0 saturated heterocycles. The van der Waals surface area contributed by atoms with E-state index >= 15 is 0 Å². The van der Waals surface area contributed by atoms with Crippen LogP contribution in [0.25, 0.3) is 0 Å². The van der Waals surface area contributed by atoms with E-state index in [0.29, 0.717) is 13.2 Å². The Hall–Kier alpha value is -1.62. The monoisotopic (exact) mass is 310 g/mol. The van der Waals surface area contributed by atoms with Crippen molar-refractivity contribution in [1.29, 1.82) is 0 Å². The van der Waals surface area contributed by atoms with Gasteiger partial charge in [-0.15, -0.1) is 0 Å². The third kappa shape index (κ3) is 9.34. The van der Waals surface area contributed by atoms with Crippen molar-refractivity contribution in [3.63, 3.8) is 0 Å². The second-order valence-corrected chi connectivity index (χ2v) is 6.11. The molecular weight excluding hydrogens is 280 g/mol. The van der Waals surface area contributed by atoms with E-state index in [0.717, 1.165) is 16.8 Å². The summed E-state index contributed by atoms with van der Waals surface area (Å²) in [5.41, 5.74) is 2.32. The molecule has 5 heteroatoms. The normalized spacial score (nSPS) is 10.5. The fraction of sp³-hybridized carbons (Fsp3) is 0.647. The van der Waals surface area contributed by atoms with E-state index in [1.165, 1.54) is 6.42 Å². The van der Waals surface area contributed by atoms with Crippen molar-refractivity contribution in [1.82, 2.24) is 10.3 Å². The van der Waals surface area contributed by atoms with Gasteiger partial charge in [0.25, 0.3) is 0 Å². The Bertz CT molecular complexity index is 454. The number of carbonyl (C=O) groups excluding carboxylic acids is 1. The lowest BCUT2D eigenvalue weighted by Gasteiger charge is -2.20. The molecule has 0 radical (unpaired) electrons. The molecule has 5 nitrogen and oxygen atoms in total. The number of amides is 1. The number of hydrogen-bond donors (Lipinski definition) is 1. The van der Waals surface area contributed by atoms with Gasteiger partial charge in [0.1, 0.15) is 5.60 Å². The second kappa shape index (κ2) is 10.2. The number of rotatable bonds is 4. The summed E-state index contributed by atoms with van der Waals surface area (Å²) in [6, 6.07) is 2.00. The molecular formula is C17H30N2O3. The summed E-state index contributed by atoms with van der Waals surface area (Å²) in [4.78, 5) is 15.9. The Kier molecular flexibility index (Phi) is 9.42. The van der Waals surface area contributed by atoms with Crippen LogP contribution < -0.4 is 5.32 Å². The van der Waals surface area contributed by atoms with Gasteiger partial charge in [0.2, 0.25) is 0 Å². The molecule has 0 fully saturated rings. The molecule has 0 unspecified atom stereocenters. The number of alkyl carbamates (subject to hydrolysis) is 1. The highest BCUT2D eigenvalue weighted by atomic mass is 16.6. The van der Waals surface area contributed by atoms with E-state index in [2.05, 4.69) is 24.1 Å². The number of pyridine rings is 1. The third-order valence-electron chi connectivity index (χ3n) is 2.30. The van der Waals surface area contributed by atoms with Crippen molar-refractivity contribution < 1.29 is 14.3 Å². The largest absolute Gasteiger partial charge is 0.444 e. The molecule has 0 aliphatic rings. The van der Waals surface area contributed by atoms with E-state index in [1.807, 2.05) is 33.8 Å². The molecule has 0 atom stereocenters. The molecule has 1 N–H and O–H groups in total. The van der Waals surface area contributed by atoms with Crippen LogP contribution in [-0.4, -0.2) is 23.8 Å². The zero-order valence-electron chi connectivity index (χ0n) is 14.9. The molecule has 22 heavy (non-hydrogen) atoms. The van der Waals surface area contributed by atoms with Crippen LogP contribution in [0.1, 0.15) is 57.9 Å². The molecule has 0 bridgehead atoms. The predicted molar refractivity (Wildman–Crippen MR) is 88.7 cm³/mol. The quantitative estimate of drug-likeness (QED) is 0.914. The van der Waals surface area contributed by atoms with Gasteiger partial charge in [-0.25, -0.2) is 4.79 Å². The molecule has 126 valence electrons. The van der Waals surface area contributed by atoms with Gasteiger partial charge in [-0.2, -0.15) is 0 Å². The summed E-state index contributed by atoms with van der Waals surface area (Å²) in [7, 11) is 1.63. The van der Waals surface area contributed by atoms with E-state index in [1.54, 1.807) is 13.3 Å². The summed E-state index contributed by atoms with van der Waals surface area (Å²) in [6.07, 6.45) is 2.57. The number of hydrogen-bond acceptors (Lipinski definition) is 4. The molecule has 0 saturated carbocycles. The molecule has 0 aliphatic carbocycles. The van der Waals surface area contributed by atoms with E-state index in [4.69, 9.17) is 9.47 Å². The summed E-state index contributed by atoms with van der Waals surface area (Å²) < 4.78 is 10.3. The third-order valence-corrected chi connectivity index (χ3v) is 2.30. The fourth-order valence-corrected chi connectivity index (χ4v) is 1.57. The number of aromatic nitrogens is 1. The lowest BCUT2D eigenvalue weighted by atomic mass is 10.1. The summed E-state index contributed by atoms with van der Waals surface area (Å²) in [6.45, 7) is 12.5. The van der Waals surface area contributed by atoms with Gasteiger partial charge < -0.3 is 14.8 Å². The number of carbonyl (C=O) groups is 1. The zero-order chi connectivity index (χ0) is 17.2. The zero-order valence-corrected chi connectivity index (χ0v) is 14.9. The molecule has 1 amide bonds. The van der Waals surface area contributed by atoms with Crippen LogP contribution in [0.2, 0.25) is 0 Å². The van der Waals surface area contributed by atoms with E-state index < -0.39 is 11.7 Å². The average Bonchev–Trinajstić information content (AvgIpc) is 2.37. The second-order valence-electron chi connectivity index (χ2n) is 6.11. The molecule has 1 heterocycles. The first-order valence-electron chi connectivity index (χ1n) is 7.63. The first-order valence-corrected chi connectivity index (χ1v) is 7.63. The summed E-state index contributed by atoms with van der Waals surface area (Å²) >= 11 is 0. The van der Waals surface area contributed by atoms with Gasteiger partial charge in [0.15, 0.2) is 0 Å².